The topological polar surface area (TPSA) is 62.9 Å². The van der Waals surface area contributed by atoms with Gasteiger partial charge in [-0.2, -0.15) is 9.61 Å². The lowest BCUT2D eigenvalue weighted by Gasteiger charge is -2.39. The van der Waals surface area contributed by atoms with E-state index in [1.165, 1.54) is 41.4 Å². The van der Waals surface area contributed by atoms with E-state index in [2.05, 4.69) is 34.0 Å². The molecule has 0 saturated carbocycles. The van der Waals surface area contributed by atoms with Gasteiger partial charge in [0.25, 0.3) is 0 Å². The van der Waals surface area contributed by atoms with E-state index in [4.69, 9.17) is 4.74 Å². The van der Waals surface area contributed by atoms with Crippen LogP contribution in [0.3, 0.4) is 0 Å². The molecule has 1 saturated heterocycles. The second-order valence-corrected chi connectivity index (χ2v) is 7.52. The van der Waals surface area contributed by atoms with Crippen molar-refractivity contribution in [3.05, 3.63) is 41.0 Å². The van der Waals surface area contributed by atoms with Crippen LogP contribution in [0, 0.1) is 0 Å². The molecule has 3 aromatic rings. The number of aromatic hydroxyl groups is 1. The Morgan fingerprint density at radius 1 is 1.36 bits per heavy atom. The molecule has 1 aromatic carbocycles. The van der Waals surface area contributed by atoms with Crippen molar-refractivity contribution in [3.8, 4) is 11.6 Å². The fraction of sp³-hybridized carbons (Fsp3) is 0.444. The van der Waals surface area contributed by atoms with Crippen LogP contribution in [0.1, 0.15) is 42.7 Å². The highest BCUT2D eigenvalue weighted by molar-refractivity contribution is 7.17. The molecule has 1 N–H and O–H groups in total. The molecule has 6 nitrogen and oxygen atoms in total. The van der Waals surface area contributed by atoms with Crippen molar-refractivity contribution in [2.45, 2.75) is 38.3 Å². The van der Waals surface area contributed by atoms with Gasteiger partial charge < -0.3 is 9.84 Å². The second-order valence-electron chi connectivity index (χ2n) is 6.51. The predicted octanol–water partition coefficient (Wildman–Crippen LogP) is 3.47. The van der Waals surface area contributed by atoms with Crippen molar-refractivity contribution in [3.63, 3.8) is 0 Å². The summed E-state index contributed by atoms with van der Waals surface area (Å²) < 4.78 is 6.94. The zero-order chi connectivity index (χ0) is 17.4. The molecule has 3 heterocycles. The van der Waals surface area contributed by atoms with Crippen LogP contribution in [0.2, 0.25) is 0 Å². The number of likely N-dealkylation sites (tertiary alicyclic amines) is 1. The van der Waals surface area contributed by atoms with Crippen LogP contribution in [-0.2, 0) is 0 Å². The molecule has 4 rings (SSSR count). The van der Waals surface area contributed by atoms with Crippen molar-refractivity contribution >= 4 is 16.3 Å². The Balaban J connectivity index is 1.85. The summed E-state index contributed by atoms with van der Waals surface area (Å²) in [5.74, 6) is 1.01. The minimum Gasteiger partial charge on any atom is -0.497 e. The van der Waals surface area contributed by atoms with Crippen molar-refractivity contribution in [2.24, 2.45) is 0 Å². The molecule has 0 bridgehead atoms. The summed E-state index contributed by atoms with van der Waals surface area (Å²) in [7, 11) is 1.68. The molecule has 2 unspecified atom stereocenters. The first-order valence-electron chi connectivity index (χ1n) is 8.60. The van der Waals surface area contributed by atoms with Gasteiger partial charge in [0.05, 0.1) is 18.0 Å². The van der Waals surface area contributed by atoms with Crippen LogP contribution in [-0.4, -0.2) is 44.3 Å². The van der Waals surface area contributed by atoms with Crippen molar-refractivity contribution in [1.82, 2.24) is 19.5 Å². The zero-order valence-electron chi connectivity index (χ0n) is 14.4. The maximum atomic E-state index is 10.8. The van der Waals surface area contributed by atoms with Gasteiger partial charge in [0.15, 0.2) is 0 Å². The molecule has 0 spiro atoms. The van der Waals surface area contributed by atoms with Crippen LogP contribution >= 0.6 is 11.3 Å². The predicted molar refractivity (Wildman–Crippen MR) is 97.4 cm³/mol. The lowest BCUT2D eigenvalue weighted by molar-refractivity contribution is 0.124. The van der Waals surface area contributed by atoms with Gasteiger partial charge in [-0.15, -0.1) is 0 Å². The number of methoxy groups -OCH3 is 1. The highest BCUT2D eigenvalue weighted by atomic mass is 32.1. The first kappa shape index (κ1) is 16.4. The number of benzene rings is 1. The summed E-state index contributed by atoms with van der Waals surface area (Å²) in [6.45, 7) is 3.27. The Morgan fingerprint density at radius 2 is 2.24 bits per heavy atom. The zero-order valence-corrected chi connectivity index (χ0v) is 15.2. The minimum atomic E-state index is -0.0288. The van der Waals surface area contributed by atoms with E-state index < -0.39 is 0 Å². The summed E-state index contributed by atoms with van der Waals surface area (Å²) in [6, 6.07) is 8.53. The van der Waals surface area contributed by atoms with Crippen LogP contribution < -0.4 is 4.74 Å². The summed E-state index contributed by atoms with van der Waals surface area (Å²) in [6.07, 6.45) is 5.07. The summed E-state index contributed by atoms with van der Waals surface area (Å²) in [4.78, 5) is 8.32. The summed E-state index contributed by atoms with van der Waals surface area (Å²) in [5, 5.41) is 14.9. The van der Waals surface area contributed by atoms with Gasteiger partial charge in [-0.05, 0) is 44.0 Å². The van der Waals surface area contributed by atoms with E-state index in [0.717, 1.165) is 22.7 Å². The highest BCUT2D eigenvalue weighted by Gasteiger charge is 2.33. The quantitative estimate of drug-likeness (QED) is 0.774. The Bertz CT molecular complexity index is 875. The van der Waals surface area contributed by atoms with E-state index >= 15 is 0 Å². The van der Waals surface area contributed by atoms with Gasteiger partial charge in [-0.25, -0.2) is 4.98 Å². The van der Waals surface area contributed by atoms with E-state index in [-0.39, 0.29) is 11.9 Å². The molecule has 25 heavy (non-hydrogen) atoms. The van der Waals surface area contributed by atoms with Crippen LogP contribution in [0.5, 0.6) is 11.6 Å². The van der Waals surface area contributed by atoms with Crippen LogP contribution in [0.25, 0.3) is 4.96 Å². The van der Waals surface area contributed by atoms with Crippen LogP contribution in [0.15, 0.2) is 30.6 Å². The average molecular weight is 358 g/mol. The maximum absolute atomic E-state index is 10.8. The highest BCUT2D eigenvalue weighted by Crippen LogP contribution is 2.42. The number of aromatic nitrogens is 3. The minimum absolute atomic E-state index is 0.0288. The first-order chi connectivity index (χ1) is 12.2. The lowest BCUT2D eigenvalue weighted by Crippen LogP contribution is -2.40. The van der Waals surface area contributed by atoms with Gasteiger partial charge in [-0.1, -0.05) is 29.9 Å². The Kier molecular flexibility index (Phi) is 4.35. The number of ether oxygens (including phenoxy) is 1. The Hall–Kier alpha value is -2.12. The largest absolute Gasteiger partial charge is 0.497 e. The van der Waals surface area contributed by atoms with Gasteiger partial charge in [-0.3, -0.25) is 4.90 Å². The monoisotopic (exact) mass is 358 g/mol. The maximum Gasteiger partial charge on any atom is 0.230 e. The number of fused-ring (bicyclic) bond motifs is 1. The molecule has 1 aliphatic rings. The molecule has 1 fully saturated rings. The van der Waals surface area contributed by atoms with Gasteiger partial charge in [0.2, 0.25) is 10.8 Å². The SMILES string of the molecule is COc1cccc(C(c2sc3ncnn3c2O)N2CCCCC2C)c1. The van der Waals surface area contributed by atoms with E-state index in [1.807, 2.05) is 12.1 Å². The number of hydrogen-bond acceptors (Lipinski definition) is 6. The van der Waals surface area contributed by atoms with E-state index in [0.29, 0.717) is 11.0 Å². The van der Waals surface area contributed by atoms with Gasteiger partial charge >= 0.3 is 0 Å². The smallest absolute Gasteiger partial charge is 0.230 e. The molecule has 2 aromatic heterocycles. The molecule has 0 aliphatic carbocycles. The fourth-order valence-corrected chi connectivity index (χ4v) is 4.76. The number of thiazole rings is 1. The van der Waals surface area contributed by atoms with E-state index in [9.17, 15) is 5.11 Å². The fourth-order valence-electron chi connectivity index (χ4n) is 3.68. The van der Waals surface area contributed by atoms with E-state index in [1.54, 1.807) is 7.11 Å². The van der Waals surface area contributed by atoms with Gasteiger partial charge in [0, 0.05) is 6.04 Å². The second kappa shape index (κ2) is 6.65. The van der Waals surface area contributed by atoms with Gasteiger partial charge in [0.1, 0.15) is 12.1 Å². The Morgan fingerprint density at radius 3 is 3.00 bits per heavy atom. The third kappa shape index (κ3) is 2.87. The third-order valence-corrected chi connectivity index (χ3v) is 6.07. The molecule has 0 amide bonds. The number of rotatable bonds is 4. The molecule has 2 atom stereocenters. The molecule has 0 radical (unpaired) electrons. The van der Waals surface area contributed by atoms with Crippen molar-refractivity contribution < 1.29 is 9.84 Å². The van der Waals surface area contributed by atoms with Crippen molar-refractivity contribution in [1.29, 1.82) is 0 Å². The van der Waals surface area contributed by atoms with Crippen LogP contribution in [0.4, 0.5) is 0 Å². The number of hydrogen-bond donors (Lipinski definition) is 1. The molecule has 132 valence electrons. The molecular formula is C18H22N4O2S. The summed E-state index contributed by atoms with van der Waals surface area (Å²) >= 11 is 1.50. The summed E-state index contributed by atoms with van der Waals surface area (Å²) in [5.41, 5.74) is 1.12. The number of piperidine rings is 1. The molecule has 1 aliphatic heterocycles. The standard InChI is InChI=1S/C18H22N4O2S/c1-12-6-3-4-9-21(12)15(13-7-5-8-14(10-13)24-2)16-17(23)22-18(25-16)19-11-20-22/h5,7-8,10-12,15,23H,3-4,6,9H2,1-2H3. The number of nitrogens with zero attached hydrogens (tertiary/aromatic N) is 4. The third-order valence-electron chi connectivity index (χ3n) is 4.98. The lowest BCUT2D eigenvalue weighted by atomic mass is 9.96. The normalized spacial score (nSPS) is 20.0. The molecule has 7 heteroatoms. The Labute approximate surface area is 150 Å². The molecular weight excluding hydrogens is 336 g/mol. The average Bonchev–Trinajstić information content (AvgIpc) is 3.21. The van der Waals surface area contributed by atoms with Crippen molar-refractivity contribution in [2.75, 3.05) is 13.7 Å². The first-order valence-corrected chi connectivity index (χ1v) is 9.41.